The van der Waals surface area contributed by atoms with Crippen LogP contribution in [0.2, 0.25) is 0 Å². The Morgan fingerprint density at radius 3 is 2.18 bits per heavy atom. The van der Waals surface area contributed by atoms with Crippen LogP contribution in [0.25, 0.3) is 0 Å². The van der Waals surface area contributed by atoms with Crippen molar-refractivity contribution in [3.63, 3.8) is 0 Å². The highest BCUT2D eigenvalue weighted by Gasteiger charge is 2.17. The van der Waals surface area contributed by atoms with Crippen LogP contribution in [0, 0.1) is 0 Å². The average Bonchev–Trinajstić information content (AvgIpc) is 2.35. The summed E-state index contributed by atoms with van der Waals surface area (Å²) in [5, 5.41) is 0. The van der Waals surface area contributed by atoms with Crippen molar-refractivity contribution in [2.45, 2.75) is 32.1 Å². The second kappa shape index (κ2) is 6.91. The SMILES string of the molecule is COC(=O)c1ccc(CS(C)(=O)=NC(=O)OC(C)(C)C)cc1. The Morgan fingerprint density at radius 2 is 1.73 bits per heavy atom. The zero-order valence-corrected chi connectivity index (χ0v) is 14.2. The molecule has 1 unspecified atom stereocenters. The number of hydrogen-bond acceptors (Lipinski definition) is 5. The lowest BCUT2D eigenvalue weighted by Gasteiger charge is -2.17. The van der Waals surface area contributed by atoms with Crippen LogP contribution in [0.5, 0.6) is 0 Å². The summed E-state index contributed by atoms with van der Waals surface area (Å²) in [6, 6.07) is 6.45. The third-order valence-electron chi connectivity index (χ3n) is 2.47. The molecule has 22 heavy (non-hydrogen) atoms. The molecule has 1 aromatic rings. The van der Waals surface area contributed by atoms with E-state index in [1.54, 1.807) is 45.0 Å². The molecule has 7 heteroatoms. The number of rotatable bonds is 3. The van der Waals surface area contributed by atoms with Gasteiger partial charge in [0.1, 0.15) is 5.60 Å². The number of nitrogens with zero attached hydrogens (tertiary/aromatic N) is 1. The third kappa shape index (κ3) is 6.26. The van der Waals surface area contributed by atoms with Crippen LogP contribution in [0.15, 0.2) is 28.6 Å². The largest absolute Gasteiger partial charge is 0.465 e. The fourth-order valence-electron chi connectivity index (χ4n) is 1.63. The van der Waals surface area contributed by atoms with Crippen LogP contribution in [-0.4, -0.2) is 35.2 Å². The number of amides is 1. The monoisotopic (exact) mass is 327 g/mol. The van der Waals surface area contributed by atoms with Gasteiger partial charge in [-0.05, 0) is 38.5 Å². The maximum Gasteiger partial charge on any atom is 0.442 e. The summed E-state index contributed by atoms with van der Waals surface area (Å²) < 4.78 is 25.6. The summed E-state index contributed by atoms with van der Waals surface area (Å²) in [6.07, 6.45) is 0.552. The van der Waals surface area contributed by atoms with E-state index in [-0.39, 0.29) is 5.75 Å². The van der Waals surface area contributed by atoms with E-state index < -0.39 is 27.4 Å². The summed E-state index contributed by atoms with van der Waals surface area (Å²) in [7, 11) is -1.46. The minimum atomic E-state index is -2.76. The fraction of sp³-hybridized carbons (Fsp3) is 0.467. The van der Waals surface area contributed by atoms with E-state index in [4.69, 9.17) is 4.74 Å². The number of carbonyl (C=O) groups is 2. The predicted octanol–water partition coefficient (Wildman–Crippen LogP) is 3.01. The molecule has 1 atom stereocenters. The maximum absolute atomic E-state index is 12.4. The molecular formula is C15H21NO5S. The Bertz CT molecular complexity index is 664. The zero-order chi connectivity index (χ0) is 17.0. The molecule has 0 aliphatic carbocycles. The van der Waals surface area contributed by atoms with Crippen molar-refractivity contribution in [3.8, 4) is 0 Å². The van der Waals surface area contributed by atoms with Crippen molar-refractivity contribution in [2.24, 2.45) is 4.36 Å². The van der Waals surface area contributed by atoms with E-state index in [0.29, 0.717) is 11.1 Å². The molecule has 0 saturated carbocycles. The number of hydrogen-bond donors (Lipinski definition) is 0. The molecule has 0 aliphatic rings. The molecule has 0 heterocycles. The van der Waals surface area contributed by atoms with E-state index >= 15 is 0 Å². The molecule has 1 rings (SSSR count). The highest BCUT2D eigenvalue weighted by atomic mass is 32.2. The predicted molar refractivity (Wildman–Crippen MR) is 84.2 cm³/mol. The number of benzene rings is 1. The minimum Gasteiger partial charge on any atom is -0.465 e. The first-order valence-electron chi connectivity index (χ1n) is 6.62. The fourth-order valence-corrected chi connectivity index (χ4v) is 2.86. The molecule has 0 spiro atoms. The van der Waals surface area contributed by atoms with Crippen LogP contribution >= 0.6 is 0 Å². The van der Waals surface area contributed by atoms with E-state index in [2.05, 4.69) is 9.10 Å². The van der Waals surface area contributed by atoms with E-state index in [9.17, 15) is 13.8 Å². The molecule has 6 nitrogen and oxygen atoms in total. The Balaban J connectivity index is 2.86. The van der Waals surface area contributed by atoms with Gasteiger partial charge in [-0.2, -0.15) is 0 Å². The zero-order valence-electron chi connectivity index (χ0n) is 13.4. The van der Waals surface area contributed by atoms with Gasteiger partial charge in [-0.3, -0.25) is 0 Å². The first-order valence-corrected chi connectivity index (χ1v) is 8.72. The van der Waals surface area contributed by atoms with Crippen molar-refractivity contribution < 1.29 is 23.3 Å². The van der Waals surface area contributed by atoms with Gasteiger partial charge in [-0.15, -0.1) is 4.36 Å². The van der Waals surface area contributed by atoms with Crippen molar-refractivity contribution in [1.29, 1.82) is 0 Å². The lowest BCUT2D eigenvalue weighted by atomic mass is 10.1. The van der Waals surface area contributed by atoms with Crippen LogP contribution in [-0.2, 0) is 25.0 Å². The highest BCUT2D eigenvalue weighted by Crippen LogP contribution is 2.13. The Hall–Kier alpha value is -1.89. The number of methoxy groups -OCH3 is 1. The summed E-state index contributed by atoms with van der Waals surface area (Å²) in [6.45, 7) is 5.14. The second-order valence-corrected chi connectivity index (χ2v) is 8.25. The molecule has 0 aliphatic heterocycles. The Labute approximate surface area is 131 Å². The lowest BCUT2D eigenvalue weighted by molar-refractivity contribution is 0.0593. The molecule has 0 bridgehead atoms. The van der Waals surface area contributed by atoms with Gasteiger partial charge in [0.25, 0.3) is 0 Å². The van der Waals surface area contributed by atoms with Crippen molar-refractivity contribution in [3.05, 3.63) is 35.4 Å². The van der Waals surface area contributed by atoms with Gasteiger partial charge in [0.05, 0.1) is 28.2 Å². The van der Waals surface area contributed by atoms with Gasteiger partial charge in [0.2, 0.25) is 0 Å². The molecule has 0 N–H and O–H groups in total. The van der Waals surface area contributed by atoms with Gasteiger partial charge in [0, 0.05) is 6.26 Å². The van der Waals surface area contributed by atoms with Crippen molar-refractivity contribution in [1.82, 2.24) is 0 Å². The van der Waals surface area contributed by atoms with E-state index in [1.165, 1.54) is 13.4 Å². The van der Waals surface area contributed by atoms with Gasteiger partial charge in [-0.1, -0.05) is 12.1 Å². The molecule has 1 amide bonds. The molecule has 122 valence electrons. The Morgan fingerprint density at radius 1 is 1.18 bits per heavy atom. The number of ether oxygens (including phenoxy) is 2. The van der Waals surface area contributed by atoms with E-state index in [0.717, 1.165) is 0 Å². The summed E-state index contributed by atoms with van der Waals surface area (Å²) >= 11 is 0. The molecule has 0 radical (unpaired) electrons. The maximum atomic E-state index is 12.4. The Kier molecular flexibility index (Phi) is 5.71. The van der Waals surface area contributed by atoms with E-state index in [1.807, 2.05) is 0 Å². The van der Waals surface area contributed by atoms with Gasteiger partial charge < -0.3 is 9.47 Å². The molecular weight excluding hydrogens is 306 g/mol. The van der Waals surface area contributed by atoms with Crippen LogP contribution in [0.1, 0.15) is 36.7 Å². The van der Waals surface area contributed by atoms with Gasteiger partial charge in [-0.25, -0.2) is 13.8 Å². The van der Waals surface area contributed by atoms with Crippen LogP contribution < -0.4 is 0 Å². The number of esters is 1. The van der Waals surface area contributed by atoms with Gasteiger partial charge in [0.15, 0.2) is 0 Å². The van der Waals surface area contributed by atoms with Crippen LogP contribution in [0.4, 0.5) is 4.79 Å². The average molecular weight is 327 g/mol. The smallest absolute Gasteiger partial charge is 0.442 e. The molecule has 0 aromatic heterocycles. The summed E-state index contributed by atoms with van der Waals surface area (Å²) in [5.74, 6) is -0.351. The minimum absolute atomic E-state index is 0.0910. The summed E-state index contributed by atoms with van der Waals surface area (Å²) in [5.41, 5.74) is 0.420. The normalized spacial score (nSPS) is 13.9. The summed E-state index contributed by atoms with van der Waals surface area (Å²) in [4.78, 5) is 22.9. The molecule has 0 saturated heterocycles. The van der Waals surface area contributed by atoms with Crippen molar-refractivity contribution in [2.75, 3.05) is 13.4 Å². The molecule has 0 fully saturated rings. The van der Waals surface area contributed by atoms with Gasteiger partial charge >= 0.3 is 12.1 Å². The quantitative estimate of drug-likeness (QED) is 0.797. The van der Waals surface area contributed by atoms with Crippen molar-refractivity contribution >= 4 is 21.8 Å². The first kappa shape index (κ1) is 18.2. The second-order valence-electron chi connectivity index (χ2n) is 5.86. The molecule has 1 aromatic carbocycles. The standard InChI is InChI=1S/C15H21NO5S/c1-15(2,3)21-14(18)16-22(5,19)10-11-6-8-12(9-7-11)13(17)20-4/h6-9H,10H2,1-5H3. The number of carbonyl (C=O) groups excluding carboxylic acids is 2. The highest BCUT2D eigenvalue weighted by molar-refractivity contribution is 7.92. The third-order valence-corrected chi connectivity index (χ3v) is 3.87. The first-order chi connectivity index (χ1) is 10.0. The lowest BCUT2D eigenvalue weighted by Crippen LogP contribution is -2.22. The topological polar surface area (TPSA) is 82.0 Å². The van der Waals surface area contributed by atoms with Crippen LogP contribution in [0.3, 0.4) is 0 Å².